The van der Waals surface area contributed by atoms with Gasteiger partial charge in [-0.25, -0.2) is 0 Å². The fraction of sp³-hybridized carbons (Fsp3) is 0.500. The van der Waals surface area contributed by atoms with Gasteiger partial charge in [-0.2, -0.15) is 0 Å². The highest BCUT2D eigenvalue weighted by atomic mass is 16.7. The zero-order chi connectivity index (χ0) is 12.8. The first-order chi connectivity index (χ1) is 8.74. The fourth-order valence-electron chi connectivity index (χ4n) is 1.89. The van der Waals surface area contributed by atoms with Crippen molar-refractivity contribution in [1.82, 2.24) is 0 Å². The van der Waals surface area contributed by atoms with Crippen molar-refractivity contribution in [3.8, 4) is 0 Å². The van der Waals surface area contributed by atoms with Crippen LogP contribution in [0.5, 0.6) is 0 Å². The molecule has 0 aliphatic carbocycles. The van der Waals surface area contributed by atoms with Gasteiger partial charge in [-0.1, -0.05) is 30.3 Å². The van der Waals surface area contributed by atoms with E-state index in [4.69, 9.17) is 14.2 Å². The molecule has 98 valence electrons. The van der Waals surface area contributed by atoms with Crippen LogP contribution in [-0.4, -0.2) is 31.6 Å². The van der Waals surface area contributed by atoms with Crippen molar-refractivity contribution >= 4 is 5.97 Å². The number of hydrogen-bond acceptors (Lipinski definition) is 4. The summed E-state index contributed by atoms with van der Waals surface area (Å²) in [7, 11) is 0. The van der Waals surface area contributed by atoms with Crippen LogP contribution in [0.2, 0.25) is 0 Å². The molecule has 1 aliphatic heterocycles. The van der Waals surface area contributed by atoms with Crippen molar-refractivity contribution < 1.29 is 19.0 Å². The Morgan fingerprint density at radius 3 is 2.89 bits per heavy atom. The van der Waals surface area contributed by atoms with E-state index in [1.54, 1.807) is 0 Å². The van der Waals surface area contributed by atoms with Crippen LogP contribution in [-0.2, 0) is 25.4 Å². The predicted molar refractivity (Wildman–Crippen MR) is 66.0 cm³/mol. The molecule has 0 N–H and O–H groups in total. The highest BCUT2D eigenvalue weighted by molar-refractivity contribution is 5.65. The Morgan fingerprint density at radius 1 is 1.39 bits per heavy atom. The Labute approximate surface area is 107 Å². The van der Waals surface area contributed by atoms with Crippen LogP contribution in [0.3, 0.4) is 0 Å². The van der Waals surface area contributed by atoms with E-state index in [0.29, 0.717) is 6.61 Å². The van der Waals surface area contributed by atoms with Gasteiger partial charge in [0.25, 0.3) is 0 Å². The van der Waals surface area contributed by atoms with Crippen molar-refractivity contribution in [3.63, 3.8) is 0 Å². The molecule has 4 nitrogen and oxygen atoms in total. The van der Waals surface area contributed by atoms with Gasteiger partial charge in [-0.15, -0.1) is 0 Å². The van der Waals surface area contributed by atoms with Gasteiger partial charge in [0.1, 0.15) is 12.7 Å². The summed E-state index contributed by atoms with van der Waals surface area (Å²) in [5.74, 6) is -0.286. The summed E-state index contributed by atoms with van der Waals surface area (Å²) in [6.45, 7) is 2.16. The number of carbonyl (C=O) groups excluding carboxylic acids is 1. The minimum Gasteiger partial charge on any atom is -0.463 e. The Balaban J connectivity index is 1.68. The summed E-state index contributed by atoms with van der Waals surface area (Å²) in [4.78, 5) is 10.7. The van der Waals surface area contributed by atoms with Crippen LogP contribution in [0, 0.1) is 0 Å². The van der Waals surface area contributed by atoms with E-state index >= 15 is 0 Å². The fourth-order valence-corrected chi connectivity index (χ4v) is 1.89. The van der Waals surface area contributed by atoms with Gasteiger partial charge in [0, 0.05) is 13.3 Å². The third-order valence-corrected chi connectivity index (χ3v) is 2.80. The molecule has 0 aromatic heterocycles. The maximum absolute atomic E-state index is 10.7. The zero-order valence-electron chi connectivity index (χ0n) is 10.5. The quantitative estimate of drug-likeness (QED) is 0.749. The molecule has 0 saturated carbocycles. The molecule has 1 aromatic carbocycles. The summed E-state index contributed by atoms with van der Waals surface area (Å²) >= 11 is 0. The van der Waals surface area contributed by atoms with Gasteiger partial charge >= 0.3 is 5.97 Å². The van der Waals surface area contributed by atoms with E-state index in [-0.39, 0.29) is 25.0 Å². The second-order valence-corrected chi connectivity index (χ2v) is 4.35. The predicted octanol–water partition coefficient (Wildman–Crippen LogP) is 1.92. The molecule has 0 spiro atoms. The topological polar surface area (TPSA) is 44.8 Å². The standard InChI is InChI=1S/C14H18O4/c1-11(15)16-9-13-10-17-14(18-13)8-7-12-5-3-2-4-6-12/h2-6,13-14H,7-10H2,1H3. The van der Waals surface area contributed by atoms with Gasteiger partial charge in [0.05, 0.1) is 6.61 Å². The molecular weight excluding hydrogens is 232 g/mol. The summed E-state index contributed by atoms with van der Waals surface area (Å²) < 4.78 is 16.0. The molecule has 1 heterocycles. The lowest BCUT2D eigenvalue weighted by Gasteiger charge is -2.11. The minimum absolute atomic E-state index is 0.130. The number of carbonyl (C=O) groups is 1. The lowest BCUT2D eigenvalue weighted by molar-refractivity contribution is -0.145. The lowest BCUT2D eigenvalue weighted by Crippen LogP contribution is -2.20. The first-order valence-electron chi connectivity index (χ1n) is 6.18. The first kappa shape index (κ1) is 13.1. The Morgan fingerprint density at radius 2 is 2.17 bits per heavy atom. The lowest BCUT2D eigenvalue weighted by atomic mass is 10.1. The maximum Gasteiger partial charge on any atom is 0.302 e. The third-order valence-electron chi connectivity index (χ3n) is 2.80. The molecule has 1 fully saturated rings. The van der Waals surface area contributed by atoms with Crippen LogP contribution in [0.25, 0.3) is 0 Å². The van der Waals surface area contributed by atoms with E-state index in [0.717, 1.165) is 12.8 Å². The normalized spacial score (nSPS) is 22.9. The molecule has 2 atom stereocenters. The number of aryl methyl sites for hydroxylation is 1. The van der Waals surface area contributed by atoms with Gasteiger partial charge in [0.15, 0.2) is 6.29 Å². The molecule has 0 bridgehead atoms. The molecular formula is C14H18O4. The molecule has 0 radical (unpaired) electrons. The molecule has 0 amide bonds. The van der Waals surface area contributed by atoms with Crippen molar-refractivity contribution in [1.29, 1.82) is 0 Å². The van der Waals surface area contributed by atoms with Crippen molar-refractivity contribution in [2.75, 3.05) is 13.2 Å². The second kappa shape index (κ2) is 6.52. The Bertz CT molecular complexity index is 377. The van der Waals surface area contributed by atoms with Crippen LogP contribution in [0.4, 0.5) is 0 Å². The number of hydrogen-bond donors (Lipinski definition) is 0. The maximum atomic E-state index is 10.7. The molecule has 1 aliphatic rings. The summed E-state index contributed by atoms with van der Waals surface area (Å²) in [5, 5.41) is 0. The molecule has 4 heteroatoms. The zero-order valence-corrected chi connectivity index (χ0v) is 10.5. The molecule has 18 heavy (non-hydrogen) atoms. The molecule has 2 unspecified atom stereocenters. The summed E-state index contributed by atoms with van der Waals surface area (Å²) in [6.07, 6.45) is 1.42. The summed E-state index contributed by atoms with van der Waals surface area (Å²) in [6, 6.07) is 10.2. The number of rotatable bonds is 5. The SMILES string of the molecule is CC(=O)OCC1COC(CCc2ccccc2)O1. The first-order valence-corrected chi connectivity index (χ1v) is 6.18. The monoisotopic (exact) mass is 250 g/mol. The van der Waals surface area contributed by atoms with Crippen LogP contribution in [0.15, 0.2) is 30.3 Å². The smallest absolute Gasteiger partial charge is 0.302 e. The number of esters is 1. The minimum atomic E-state index is -0.286. The van der Waals surface area contributed by atoms with Gasteiger partial charge in [-0.05, 0) is 12.0 Å². The highest BCUT2D eigenvalue weighted by Gasteiger charge is 2.26. The van der Waals surface area contributed by atoms with Crippen LogP contribution >= 0.6 is 0 Å². The van der Waals surface area contributed by atoms with Crippen LogP contribution in [0.1, 0.15) is 18.9 Å². The van der Waals surface area contributed by atoms with E-state index in [2.05, 4.69) is 12.1 Å². The van der Waals surface area contributed by atoms with Gasteiger partial charge in [-0.3, -0.25) is 4.79 Å². The second-order valence-electron chi connectivity index (χ2n) is 4.35. The largest absolute Gasteiger partial charge is 0.463 e. The molecule has 1 saturated heterocycles. The highest BCUT2D eigenvalue weighted by Crippen LogP contribution is 2.17. The molecule has 1 aromatic rings. The van der Waals surface area contributed by atoms with Crippen molar-refractivity contribution in [2.45, 2.75) is 32.2 Å². The van der Waals surface area contributed by atoms with Crippen molar-refractivity contribution in [2.24, 2.45) is 0 Å². The van der Waals surface area contributed by atoms with E-state index in [1.807, 2.05) is 18.2 Å². The van der Waals surface area contributed by atoms with Gasteiger partial charge < -0.3 is 14.2 Å². The average Bonchev–Trinajstić information content (AvgIpc) is 2.83. The third kappa shape index (κ3) is 4.13. The number of benzene rings is 1. The van der Waals surface area contributed by atoms with Crippen LogP contribution < -0.4 is 0 Å². The Kier molecular flexibility index (Phi) is 4.73. The summed E-state index contributed by atoms with van der Waals surface area (Å²) in [5.41, 5.74) is 1.27. The average molecular weight is 250 g/mol. The van der Waals surface area contributed by atoms with E-state index in [9.17, 15) is 4.79 Å². The number of ether oxygens (including phenoxy) is 3. The van der Waals surface area contributed by atoms with E-state index in [1.165, 1.54) is 12.5 Å². The Hall–Kier alpha value is -1.39. The van der Waals surface area contributed by atoms with Crippen molar-refractivity contribution in [3.05, 3.63) is 35.9 Å². The van der Waals surface area contributed by atoms with Gasteiger partial charge in [0.2, 0.25) is 0 Å². The van der Waals surface area contributed by atoms with E-state index < -0.39 is 0 Å². The molecule has 2 rings (SSSR count).